The lowest BCUT2D eigenvalue weighted by atomic mass is 9.96. The minimum Gasteiger partial charge on any atom is -0.348 e. The zero-order chi connectivity index (χ0) is 25.1. The lowest BCUT2D eigenvalue weighted by Gasteiger charge is -2.24. The Kier molecular flexibility index (Phi) is 6.95. The fraction of sp³-hybridized carbons (Fsp3) is 0.357. The van der Waals surface area contributed by atoms with E-state index < -0.39 is 0 Å². The third-order valence-electron chi connectivity index (χ3n) is 7.04. The highest BCUT2D eigenvalue weighted by Crippen LogP contribution is 2.22. The van der Waals surface area contributed by atoms with Gasteiger partial charge in [0.1, 0.15) is 5.82 Å². The van der Waals surface area contributed by atoms with Gasteiger partial charge in [-0.3, -0.25) is 19.5 Å². The van der Waals surface area contributed by atoms with Gasteiger partial charge in [-0.05, 0) is 36.1 Å². The lowest BCUT2D eigenvalue weighted by molar-refractivity contribution is -0.129. The van der Waals surface area contributed by atoms with Crippen molar-refractivity contribution in [2.24, 2.45) is 13.0 Å². The Labute approximate surface area is 210 Å². The van der Waals surface area contributed by atoms with Crippen LogP contribution in [0.3, 0.4) is 0 Å². The van der Waals surface area contributed by atoms with Gasteiger partial charge in [0.25, 0.3) is 0 Å². The number of carbonyl (C=O) groups is 2. The molecule has 1 aliphatic rings. The van der Waals surface area contributed by atoms with E-state index >= 15 is 0 Å². The highest BCUT2D eigenvalue weighted by molar-refractivity contribution is 5.81. The largest absolute Gasteiger partial charge is 0.348 e. The van der Waals surface area contributed by atoms with Crippen LogP contribution in [0.25, 0.3) is 21.9 Å². The number of pyridine rings is 1. The molecule has 3 heterocycles. The van der Waals surface area contributed by atoms with Crippen LogP contribution >= 0.6 is 0 Å². The maximum absolute atomic E-state index is 12.9. The van der Waals surface area contributed by atoms with Crippen molar-refractivity contribution < 1.29 is 9.59 Å². The molecule has 0 aliphatic carbocycles. The van der Waals surface area contributed by atoms with Crippen molar-refractivity contribution in [1.82, 2.24) is 29.7 Å². The Morgan fingerprint density at radius 3 is 2.69 bits per heavy atom. The molecule has 2 aromatic heterocycles. The molecule has 0 saturated carbocycles. The fourth-order valence-electron chi connectivity index (χ4n) is 5.17. The summed E-state index contributed by atoms with van der Waals surface area (Å²) in [5.74, 6) is 1.06. The van der Waals surface area contributed by atoms with Gasteiger partial charge in [0.15, 0.2) is 0 Å². The Balaban J connectivity index is 1.26. The monoisotopic (exact) mass is 484 g/mol. The molecule has 1 fully saturated rings. The number of hydrogen-bond donors (Lipinski definition) is 1. The predicted octanol–water partition coefficient (Wildman–Crippen LogP) is 2.76. The third-order valence-corrected chi connectivity index (χ3v) is 7.04. The van der Waals surface area contributed by atoms with Crippen LogP contribution in [-0.4, -0.2) is 68.9 Å². The normalized spacial score (nSPS) is 16.8. The van der Waals surface area contributed by atoms with E-state index in [1.54, 1.807) is 6.92 Å². The van der Waals surface area contributed by atoms with E-state index in [0.29, 0.717) is 32.7 Å². The summed E-state index contributed by atoms with van der Waals surface area (Å²) < 4.78 is 2.01. The number of carbonyl (C=O) groups excluding carboxylic acids is 2. The maximum atomic E-state index is 12.9. The molecule has 2 aromatic carbocycles. The molecule has 4 aromatic rings. The second kappa shape index (κ2) is 10.5. The summed E-state index contributed by atoms with van der Waals surface area (Å²) in [7, 11) is 1.97. The van der Waals surface area contributed by atoms with Crippen LogP contribution in [-0.2, 0) is 29.6 Å². The molecule has 1 unspecified atom stereocenters. The van der Waals surface area contributed by atoms with E-state index in [9.17, 15) is 9.59 Å². The highest BCUT2D eigenvalue weighted by Gasteiger charge is 2.26. The third kappa shape index (κ3) is 5.23. The Hall–Kier alpha value is -3.78. The van der Waals surface area contributed by atoms with E-state index in [0.717, 1.165) is 40.7 Å². The van der Waals surface area contributed by atoms with Crippen LogP contribution in [0.4, 0.5) is 0 Å². The zero-order valence-corrected chi connectivity index (χ0v) is 20.9. The molecule has 1 N–H and O–H groups in total. The van der Waals surface area contributed by atoms with Crippen molar-refractivity contribution in [1.29, 1.82) is 0 Å². The highest BCUT2D eigenvalue weighted by atomic mass is 16.2. The molecule has 1 saturated heterocycles. The molecule has 1 aliphatic heterocycles. The van der Waals surface area contributed by atoms with Crippen molar-refractivity contribution in [3.63, 3.8) is 0 Å². The van der Waals surface area contributed by atoms with Gasteiger partial charge < -0.3 is 14.8 Å². The van der Waals surface area contributed by atoms with Gasteiger partial charge in [0.05, 0.1) is 29.6 Å². The molecule has 0 bridgehead atoms. The summed E-state index contributed by atoms with van der Waals surface area (Å²) in [6.45, 7) is 5.00. The molecule has 2 amide bonds. The quantitative estimate of drug-likeness (QED) is 0.455. The van der Waals surface area contributed by atoms with Crippen LogP contribution < -0.4 is 5.32 Å². The molecule has 186 valence electrons. The summed E-state index contributed by atoms with van der Waals surface area (Å²) in [6.07, 6.45) is 2.62. The molecule has 5 rings (SSSR count). The van der Waals surface area contributed by atoms with Gasteiger partial charge in [-0.2, -0.15) is 0 Å². The number of nitrogens with one attached hydrogen (secondary N) is 1. The van der Waals surface area contributed by atoms with Crippen molar-refractivity contribution in [3.8, 4) is 0 Å². The minimum absolute atomic E-state index is 0.0380. The number of imidazole rings is 1. The molecule has 0 radical (unpaired) electrons. The second-order valence-corrected chi connectivity index (χ2v) is 9.62. The first-order valence-corrected chi connectivity index (χ1v) is 12.5. The smallest absolute Gasteiger partial charge is 0.234 e. The predicted molar refractivity (Wildman–Crippen MR) is 140 cm³/mol. The van der Waals surface area contributed by atoms with E-state index in [1.807, 2.05) is 53.0 Å². The van der Waals surface area contributed by atoms with Crippen molar-refractivity contribution >= 4 is 33.8 Å². The molecule has 8 nitrogen and oxygen atoms in total. The summed E-state index contributed by atoms with van der Waals surface area (Å²) in [5, 5.41) is 4.15. The van der Waals surface area contributed by atoms with Gasteiger partial charge in [0, 0.05) is 51.7 Å². The number of hydrogen-bond acceptors (Lipinski definition) is 5. The molecule has 0 spiro atoms. The fourth-order valence-corrected chi connectivity index (χ4v) is 5.17. The molecule has 8 heteroatoms. The molecular weight excluding hydrogens is 452 g/mol. The number of amides is 2. The standard InChI is InChI=1S/C28H32N6O2/c1-20(35)34-14-13-33(17-21(18-34)15-23-8-5-7-22-9-6-12-29-28(22)23)19-27(36)30-16-26-31-24-10-3-4-11-25(24)32(26)2/h3-12,21H,13-19H2,1-2H3,(H,30,36). The maximum Gasteiger partial charge on any atom is 0.234 e. The molecule has 1 atom stereocenters. The van der Waals surface area contributed by atoms with Crippen molar-refractivity contribution in [2.45, 2.75) is 19.9 Å². The number of benzene rings is 2. The number of para-hydroxylation sites is 3. The average Bonchev–Trinajstić information content (AvgIpc) is 3.06. The SMILES string of the molecule is CC(=O)N1CCN(CC(=O)NCc2nc3ccccc3n2C)CC(Cc2cccc3cccnc23)C1. The van der Waals surface area contributed by atoms with Gasteiger partial charge in [-0.25, -0.2) is 4.98 Å². The Bertz CT molecular complexity index is 1390. The van der Waals surface area contributed by atoms with E-state index in [4.69, 9.17) is 0 Å². The van der Waals surface area contributed by atoms with E-state index in [2.05, 4.69) is 44.5 Å². The first-order valence-electron chi connectivity index (χ1n) is 12.5. The number of rotatable bonds is 6. The van der Waals surface area contributed by atoms with Gasteiger partial charge in [-0.1, -0.05) is 36.4 Å². The van der Waals surface area contributed by atoms with Crippen LogP contribution in [0, 0.1) is 5.92 Å². The number of nitrogens with zero attached hydrogens (tertiary/aromatic N) is 5. The number of aromatic nitrogens is 3. The van der Waals surface area contributed by atoms with Crippen LogP contribution in [0.1, 0.15) is 18.3 Å². The van der Waals surface area contributed by atoms with Crippen molar-refractivity contribution in [3.05, 3.63) is 72.2 Å². The van der Waals surface area contributed by atoms with Crippen LogP contribution in [0.15, 0.2) is 60.8 Å². The zero-order valence-electron chi connectivity index (χ0n) is 20.9. The van der Waals surface area contributed by atoms with Crippen LogP contribution in [0.2, 0.25) is 0 Å². The summed E-state index contributed by atoms with van der Waals surface area (Å²) in [6, 6.07) is 18.2. The van der Waals surface area contributed by atoms with Gasteiger partial charge in [0.2, 0.25) is 11.8 Å². The average molecular weight is 485 g/mol. The summed E-state index contributed by atoms with van der Waals surface area (Å²) in [5.41, 5.74) is 4.15. The number of aryl methyl sites for hydroxylation is 1. The lowest BCUT2D eigenvalue weighted by Crippen LogP contribution is -2.40. The second-order valence-electron chi connectivity index (χ2n) is 9.62. The molecular formula is C28H32N6O2. The van der Waals surface area contributed by atoms with Gasteiger partial charge >= 0.3 is 0 Å². The van der Waals surface area contributed by atoms with E-state index in [1.165, 1.54) is 5.56 Å². The summed E-state index contributed by atoms with van der Waals surface area (Å²) >= 11 is 0. The minimum atomic E-state index is -0.0380. The first-order chi connectivity index (χ1) is 17.5. The van der Waals surface area contributed by atoms with Crippen LogP contribution in [0.5, 0.6) is 0 Å². The Morgan fingerprint density at radius 1 is 1.03 bits per heavy atom. The number of fused-ring (bicyclic) bond motifs is 2. The topological polar surface area (TPSA) is 83.4 Å². The van der Waals surface area contributed by atoms with Crippen molar-refractivity contribution in [2.75, 3.05) is 32.7 Å². The first kappa shape index (κ1) is 23.9. The Morgan fingerprint density at radius 2 is 1.86 bits per heavy atom. The summed E-state index contributed by atoms with van der Waals surface area (Å²) in [4.78, 5) is 38.5. The van der Waals surface area contributed by atoms with Gasteiger partial charge in [-0.15, -0.1) is 0 Å². The van der Waals surface area contributed by atoms with E-state index in [-0.39, 0.29) is 17.7 Å². The molecule has 36 heavy (non-hydrogen) atoms.